The van der Waals surface area contributed by atoms with Crippen LogP contribution in [0.15, 0.2) is 42.9 Å². The van der Waals surface area contributed by atoms with Crippen molar-refractivity contribution in [3.05, 3.63) is 60.0 Å². The number of halogens is 3. The second-order valence-electron chi connectivity index (χ2n) is 6.70. The lowest BCUT2D eigenvalue weighted by atomic mass is 10.1. The van der Waals surface area contributed by atoms with Gasteiger partial charge in [0.05, 0.1) is 18.2 Å². The first-order valence-corrected chi connectivity index (χ1v) is 8.80. The van der Waals surface area contributed by atoms with Crippen molar-refractivity contribution in [2.75, 3.05) is 0 Å². The zero-order chi connectivity index (χ0) is 20.2. The molecule has 0 bridgehead atoms. The Morgan fingerprint density at radius 3 is 2.62 bits per heavy atom. The highest BCUT2D eigenvalue weighted by atomic mass is 19.4. The molecule has 0 spiro atoms. The van der Waals surface area contributed by atoms with Crippen molar-refractivity contribution >= 4 is 11.5 Å². The van der Waals surface area contributed by atoms with Crippen molar-refractivity contribution in [3.63, 3.8) is 0 Å². The number of pyridine rings is 1. The van der Waals surface area contributed by atoms with E-state index >= 15 is 0 Å². The molecular weight excluding hydrogens is 383 g/mol. The largest absolute Gasteiger partial charge is 0.433 e. The zero-order valence-electron chi connectivity index (χ0n) is 14.8. The van der Waals surface area contributed by atoms with E-state index in [1.54, 1.807) is 18.5 Å². The van der Waals surface area contributed by atoms with Crippen molar-refractivity contribution in [2.24, 2.45) is 0 Å². The number of fused-ring (bicyclic) bond motifs is 1. The van der Waals surface area contributed by atoms with Gasteiger partial charge in [0.25, 0.3) is 5.82 Å². The number of imidazole rings is 2. The summed E-state index contributed by atoms with van der Waals surface area (Å²) in [4.78, 5) is 15.7. The van der Waals surface area contributed by atoms with Crippen LogP contribution in [-0.2, 0) is 6.18 Å². The summed E-state index contributed by atoms with van der Waals surface area (Å²) < 4.78 is 42.7. The number of nitrogens with zero attached hydrogens (tertiary/aromatic N) is 7. The molecule has 7 nitrogen and oxygen atoms in total. The summed E-state index contributed by atoms with van der Waals surface area (Å²) in [5.41, 5.74) is 1.03. The third-order valence-electron chi connectivity index (χ3n) is 4.72. The van der Waals surface area contributed by atoms with Crippen LogP contribution >= 0.6 is 0 Å². The molecule has 29 heavy (non-hydrogen) atoms. The van der Waals surface area contributed by atoms with Gasteiger partial charge in [0, 0.05) is 12.1 Å². The molecule has 0 saturated heterocycles. The van der Waals surface area contributed by atoms with E-state index in [-0.39, 0.29) is 17.6 Å². The molecule has 0 amide bonds. The van der Waals surface area contributed by atoms with Gasteiger partial charge in [-0.3, -0.25) is 0 Å². The standard InChI is InChI=1S/C19H12F3N7/c1-23-16-9-24-15-8-7-13(27-29(15)16)18-17(25-10-28(18)11-5-6-11)12-3-2-4-14(26-12)19(20,21)22/h2-4,7-11H,5-6H2. The lowest BCUT2D eigenvalue weighted by molar-refractivity contribution is -0.141. The molecule has 1 aliphatic carbocycles. The van der Waals surface area contributed by atoms with E-state index in [1.807, 2.05) is 4.57 Å². The SMILES string of the molecule is [C-]#[N+]c1cnc2ccc(-c3c(-c4cccc(C(F)(F)F)n4)ncn3C3CC3)nn12. The average Bonchev–Trinajstić information content (AvgIpc) is 3.33. The Morgan fingerprint density at radius 1 is 1.07 bits per heavy atom. The average molecular weight is 395 g/mol. The van der Waals surface area contributed by atoms with Crippen molar-refractivity contribution < 1.29 is 13.2 Å². The van der Waals surface area contributed by atoms with Crippen LogP contribution in [-0.4, -0.2) is 29.1 Å². The fourth-order valence-corrected chi connectivity index (χ4v) is 3.22. The summed E-state index contributed by atoms with van der Waals surface area (Å²) in [7, 11) is 0. The summed E-state index contributed by atoms with van der Waals surface area (Å²) in [5, 5.41) is 4.51. The molecule has 0 aromatic carbocycles. The summed E-state index contributed by atoms with van der Waals surface area (Å²) >= 11 is 0. The Balaban J connectivity index is 1.72. The third kappa shape index (κ3) is 2.91. The van der Waals surface area contributed by atoms with Crippen LogP contribution in [0.25, 0.3) is 33.3 Å². The highest BCUT2D eigenvalue weighted by molar-refractivity contribution is 5.75. The number of hydrogen-bond donors (Lipinski definition) is 0. The van der Waals surface area contributed by atoms with E-state index in [0.29, 0.717) is 22.7 Å². The maximum atomic E-state index is 13.1. The van der Waals surface area contributed by atoms with E-state index in [1.165, 1.54) is 22.8 Å². The van der Waals surface area contributed by atoms with Gasteiger partial charge >= 0.3 is 6.18 Å². The second kappa shape index (κ2) is 6.13. The van der Waals surface area contributed by atoms with Crippen LogP contribution in [0, 0.1) is 6.57 Å². The number of hydrogen-bond acceptors (Lipinski definition) is 4. The van der Waals surface area contributed by atoms with E-state index in [4.69, 9.17) is 6.57 Å². The molecule has 0 aliphatic heterocycles. The predicted molar refractivity (Wildman–Crippen MR) is 97.0 cm³/mol. The van der Waals surface area contributed by atoms with Crippen LogP contribution < -0.4 is 0 Å². The van der Waals surface area contributed by atoms with Gasteiger partial charge in [0.1, 0.15) is 22.8 Å². The zero-order valence-corrected chi connectivity index (χ0v) is 14.8. The van der Waals surface area contributed by atoms with Crippen molar-refractivity contribution in [1.82, 2.24) is 29.1 Å². The van der Waals surface area contributed by atoms with E-state index in [2.05, 4.69) is 24.9 Å². The Kier molecular flexibility index (Phi) is 3.67. The van der Waals surface area contributed by atoms with Gasteiger partial charge in [-0.25, -0.2) is 15.0 Å². The molecule has 0 atom stereocenters. The van der Waals surface area contributed by atoms with Gasteiger partial charge in [-0.1, -0.05) is 17.7 Å². The lowest BCUT2D eigenvalue weighted by Crippen LogP contribution is -2.08. The number of alkyl halides is 3. The number of rotatable bonds is 3. The fourth-order valence-electron chi connectivity index (χ4n) is 3.22. The predicted octanol–water partition coefficient (Wildman–Crippen LogP) is 4.56. The molecule has 4 heterocycles. The molecular formula is C19H12F3N7. The minimum absolute atomic E-state index is 0.118. The van der Waals surface area contributed by atoms with Crippen molar-refractivity contribution in [2.45, 2.75) is 25.1 Å². The topological polar surface area (TPSA) is 65.3 Å². The Hall–Kier alpha value is -3.74. The van der Waals surface area contributed by atoms with Gasteiger partial charge in [-0.15, -0.1) is 4.52 Å². The summed E-state index contributed by atoms with van der Waals surface area (Å²) in [6.45, 7) is 7.26. The molecule has 1 fully saturated rings. The molecule has 1 aliphatic rings. The molecule has 0 radical (unpaired) electrons. The minimum Gasteiger partial charge on any atom is -0.360 e. The van der Waals surface area contributed by atoms with Gasteiger partial charge in [0.2, 0.25) is 5.65 Å². The van der Waals surface area contributed by atoms with Gasteiger partial charge in [0.15, 0.2) is 0 Å². The van der Waals surface area contributed by atoms with Crippen molar-refractivity contribution in [3.8, 4) is 22.8 Å². The molecule has 0 unspecified atom stereocenters. The first-order valence-electron chi connectivity index (χ1n) is 8.80. The van der Waals surface area contributed by atoms with Gasteiger partial charge < -0.3 is 9.41 Å². The Bertz CT molecular complexity index is 1280. The van der Waals surface area contributed by atoms with Gasteiger partial charge in [-0.2, -0.15) is 13.2 Å². The second-order valence-corrected chi connectivity index (χ2v) is 6.70. The quantitative estimate of drug-likeness (QED) is 0.477. The lowest BCUT2D eigenvalue weighted by Gasteiger charge is -2.10. The van der Waals surface area contributed by atoms with E-state index < -0.39 is 11.9 Å². The first-order chi connectivity index (χ1) is 14.0. The highest BCUT2D eigenvalue weighted by Gasteiger charge is 2.34. The molecule has 5 rings (SSSR count). The van der Waals surface area contributed by atoms with Crippen LogP contribution in [0.5, 0.6) is 0 Å². The maximum Gasteiger partial charge on any atom is 0.433 e. The maximum absolute atomic E-state index is 13.1. The Labute approximate surface area is 162 Å². The first kappa shape index (κ1) is 17.4. The Morgan fingerprint density at radius 2 is 1.90 bits per heavy atom. The van der Waals surface area contributed by atoms with Crippen LogP contribution in [0.3, 0.4) is 0 Å². The fraction of sp³-hybridized carbons (Fsp3) is 0.211. The molecule has 1 saturated carbocycles. The summed E-state index contributed by atoms with van der Waals surface area (Å²) in [6, 6.07) is 7.40. The highest BCUT2D eigenvalue weighted by Crippen LogP contribution is 2.41. The smallest absolute Gasteiger partial charge is 0.360 e. The number of aromatic nitrogens is 6. The normalized spacial score (nSPS) is 14.3. The van der Waals surface area contributed by atoms with Crippen LogP contribution in [0.1, 0.15) is 24.6 Å². The van der Waals surface area contributed by atoms with Crippen molar-refractivity contribution in [1.29, 1.82) is 0 Å². The molecule has 4 aromatic rings. The van der Waals surface area contributed by atoms with Gasteiger partial charge in [-0.05, 0) is 31.0 Å². The molecule has 10 heteroatoms. The monoisotopic (exact) mass is 395 g/mol. The summed E-state index contributed by atoms with van der Waals surface area (Å²) in [5.74, 6) is 0.248. The van der Waals surface area contributed by atoms with E-state index in [9.17, 15) is 13.2 Å². The minimum atomic E-state index is -4.55. The molecule has 144 valence electrons. The van der Waals surface area contributed by atoms with Crippen LogP contribution in [0.4, 0.5) is 19.0 Å². The molecule has 0 N–H and O–H groups in total. The van der Waals surface area contributed by atoms with Crippen LogP contribution in [0.2, 0.25) is 0 Å². The van der Waals surface area contributed by atoms with E-state index in [0.717, 1.165) is 18.9 Å². The summed E-state index contributed by atoms with van der Waals surface area (Å²) in [6.07, 6.45) is 0.402. The molecule has 4 aromatic heterocycles. The third-order valence-corrected chi connectivity index (χ3v) is 4.72.